The van der Waals surface area contributed by atoms with Crippen molar-refractivity contribution in [3.63, 3.8) is 0 Å². The Bertz CT molecular complexity index is 429. The first-order chi connectivity index (χ1) is 10.00. The average Bonchev–Trinajstić information content (AvgIpc) is 2.69. The van der Waals surface area contributed by atoms with Crippen molar-refractivity contribution < 1.29 is 24.0 Å². The lowest BCUT2D eigenvalue weighted by Crippen LogP contribution is -2.70. The summed E-state index contributed by atoms with van der Waals surface area (Å²) in [5.41, 5.74) is -0.470. The summed E-state index contributed by atoms with van der Waals surface area (Å²) in [5, 5.41) is 0. The number of hydrogen-bond acceptors (Lipinski definition) is 5. The van der Waals surface area contributed by atoms with E-state index in [0.717, 1.165) is 19.3 Å². The average molecular weight is 298 g/mol. The third kappa shape index (κ3) is 1.81. The summed E-state index contributed by atoms with van der Waals surface area (Å²) in [5.74, 6) is 0.953. The van der Waals surface area contributed by atoms with Crippen molar-refractivity contribution in [3.8, 4) is 0 Å². The van der Waals surface area contributed by atoms with Crippen LogP contribution in [0, 0.1) is 23.7 Å². The van der Waals surface area contributed by atoms with Gasteiger partial charge in [0.2, 0.25) is 5.79 Å². The normalized spacial score (nSPS) is 59.4. The molecule has 6 unspecified atom stereocenters. The van der Waals surface area contributed by atoms with Gasteiger partial charge in [0.05, 0.1) is 0 Å². The Balaban J connectivity index is 1.79. The van der Waals surface area contributed by atoms with Crippen LogP contribution in [0.3, 0.4) is 0 Å². The van der Waals surface area contributed by atoms with E-state index in [0.29, 0.717) is 17.8 Å². The van der Waals surface area contributed by atoms with E-state index in [1.807, 2.05) is 6.92 Å². The molecule has 1 saturated carbocycles. The van der Waals surface area contributed by atoms with Crippen molar-refractivity contribution in [1.82, 2.24) is 0 Å². The fraction of sp³-hybridized carbons (Fsp3) is 1.00. The SMILES string of the molecule is COC1OC2O[C@]3(C)CCC4C(C)CCC([C@H]1C)C24OO3. The van der Waals surface area contributed by atoms with Crippen LogP contribution < -0.4 is 0 Å². The summed E-state index contributed by atoms with van der Waals surface area (Å²) >= 11 is 0. The molecular weight excluding hydrogens is 272 g/mol. The molecule has 0 aromatic rings. The lowest BCUT2D eigenvalue weighted by atomic mass is 9.58. The molecule has 4 aliphatic heterocycles. The molecule has 5 aliphatic rings. The van der Waals surface area contributed by atoms with Crippen LogP contribution >= 0.6 is 0 Å². The van der Waals surface area contributed by atoms with E-state index in [4.69, 9.17) is 24.0 Å². The summed E-state index contributed by atoms with van der Waals surface area (Å²) in [7, 11) is 1.70. The van der Waals surface area contributed by atoms with Crippen LogP contribution in [0.5, 0.6) is 0 Å². The van der Waals surface area contributed by atoms with E-state index in [1.165, 1.54) is 6.42 Å². The highest BCUT2D eigenvalue weighted by Gasteiger charge is 2.69. The zero-order valence-electron chi connectivity index (χ0n) is 13.3. The topological polar surface area (TPSA) is 46.2 Å². The first-order valence-electron chi connectivity index (χ1n) is 8.23. The van der Waals surface area contributed by atoms with Gasteiger partial charge in [-0.1, -0.05) is 13.8 Å². The molecule has 5 nitrogen and oxygen atoms in total. The highest BCUT2D eigenvalue weighted by Crippen LogP contribution is 2.60. The molecule has 4 saturated heterocycles. The van der Waals surface area contributed by atoms with Gasteiger partial charge in [-0.2, -0.15) is 0 Å². The zero-order chi connectivity index (χ0) is 14.8. The molecular formula is C16H26O5. The van der Waals surface area contributed by atoms with Crippen molar-refractivity contribution in [2.45, 2.75) is 70.4 Å². The molecule has 1 spiro atoms. The summed E-state index contributed by atoms with van der Waals surface area (Å²) in [4.78, 5) is 11.8. The second-order valence-corrected chi connectivity index (χ2v) is 7.51. The Hall–Kier alpha value is -0.200. The van der Waals surface area contributed by atoms with E-state index in [2.05, 4.69) is 13.8 Å². The van der Waals surface area contributed by atoms with E-state index < -0.39 is 17.7 Å². The van der Waals surface area contributed by atoms with Crippen LogP contribution in [0.15, 0.2) is 0 Å². The predicted molar refractivity (Wildman–Crippen MR) is 73.8 cm³/mol. The second-order valence-electron chi connectivity index (χ2n) is 7.51. The van der Waals surface area contributed by atoms with Gasteiger partial charge in [0.1, 0.15) is 0 Å². The predicted octanol–water partition coefficient (Wildman–Crippen LogP) is 2.84. The van der Waals surface area contributed by atoms with Crippen molar-refractivity contribution in [1.29, 1.82) is 0 Å². The van der Waals surface area contributed by atoms with E-state index >= 15 is 0 Å². The monoisotopic (exact) mass is 298 g/mol. The first kappa shape index (κ1) is 14.4. The second kappa shape index (κ2) is 4.65. The Labute approximate surface area is 126 Å². The van der Waals surface area contributed by atoms with Crippen LogP contribution in [0.4, 0.5) is 0 Å². The lowest BCUT2D eigenvalue weighted by molar-refractivity contribution is -0.577. The van der Waals surface area contributed by atoms with E-state index in [9.17, 15) is 0 Å². The highest BCUT2D eigenvalue weighted by molar-refractivity contribution is 5.08. The summed E-state index contributed by atoms with van der Waals surface area (Å²) in [6, 6.07) is 0. The molecule has 2 bridgehead atoms. The number of methoxy groups -OCH3 is 1. The van der Waals surface area contributed by atoms with Gasteiger partial charge in [-0.05, 0) is 38.0 Å². The molecule has 0 aromatic heterocycles. The van der Waals surface area contributed by atoms with Crippen molar-refractivity contribution in [3.05, 3.63) is 0 Å². The minimum atomic E-state index is -0.698. The minimum absolute atomic E-state index is 0.230. The Morgan fingerprint density at radius 3 is 2.62 bits per heavy atom. The maximum absolute atomic E-state index is 6.21. The summed E-state index contributed by atoms with van der Waals surface area (Å²) in [6.07, 6.45) is 3.64. The molecule has 0 aromatic carbocycles. The van der Waals surface area contributed by atoms with E-state index in [-0.39, 0.29) is 12.2 Å². The smallest absolute Gasteiger partial charge is 0.201 e. The van der Waals surface area contributed by atoms with Gasteiger partial charge >= 0.3 is 0 Å². The third-order valence-corrected chi connectivity index (χ3v) is 6.33. The Morgan fingerprint density at radius 1 is 1.05 bits per heavy atom. The van der Waals surface area contributed by atoms with Gasteiger partial charge in [0.15, 0.2) is 18.2 Å². The summed E-state index contributed by atoms with van der Waals surface area (Å²) < 4.78 is 17.9. The van der Waals surface area contributed by atoms with Gasteiger partial charge in [-0.3, -0.25) is 0 Å². The van der Waals surface area contributed by atoms with Gasteiger partial charge in [0.25, 0.3) is 0 Å². The van der Waals surface area contributed by atoms with Gasteiger partial charge in [0, 0.05) is 25.4 Å². The first-order valence-corrected chi connectivity index (χ1v) is 8.23. The minimum Gasteiger partial charge on any atom is -0.355 e. The highest BCUT2D eigenvalue weighted by atomic mass is 17.3. The number of rotatable bonds is 1. The molecule has 120 valence electrons. The number of fused-ring (bicyclic) bond motifs is 2. The molecule has 5 rings (SSSR count). The quantitative estimate of drug-likeness (QED) is 0.697. The molecule has 21 heavy (non-hydrogen) atoms. The van der Waals surface area contributed by atoms with Crippen molar-refractivity contribution in [2.75, 3.05) is 7.11 Å². The molecule has 0 N–H and O–H groups in total. The van der Waals surface area contributed by atoms with Gasteiger partial charge < -0.3 is 14.2 Å². The van der Waals surface area contributed by atoms with Crippen LogP contribution in [0.2, 0.25) is 0 Å². The Kier molecular flexibility index (Phi) is 3.19. The zero-order valence-corrected chi connectivity index (χ0v) is 13.3. The maximum atomic E-state index is 6.21. The van der Waals surface area contributed by atoms with Crippen LogP contribution in [0.1, 0.15) is 46.5 Å². The molecule has 1 aliphatic carbocycles. The van der Waals surface area contributed by atoms with Crippen molar-refractivity contribution >= 4 is 0 Å². The molecule has 4 heterocycles. The standard InChI is InChI=1S/C16H26O5/c1-9-5-6-12-10(2)13(17-4)18-14-16(12)11(9)7-8-15(3,19-14)20-21-16/h9-14H,5-8H2,1-4H3/t9?,10-,11?,12?,13?,14?,15+,16?/m1/s1. The molecule has 0 radical (unpaired) electrons. The van der Waals surface area contributed by atoms with Gasteiger partial charge in [-0.25, -0.2) is 9.78 Å². The van der Waals surface area contributed by atoms with Crippen LogP contribution in [-0.4, -0.2) is 31.1 Å². The summed E-state index contributed by atoms with van der Waals surface area (Å²) in [6.45, 7) is 6.46. The molecule has 5 fully saturated rings. The molecule has 8 atom stereocenters. The molecule has 5 heteroatoms. The van der Waals surface area contributed by atoms with Crippen LogP contribution in [0.25, 0.3) is 0 Å². The van der Waals surface area contributed by atoms with Gasteiger partial charge in [-0.15, -0.1) is 0 Å². The fourth-order valence-corrected chi connectivity index (χ4v) is 5.14. The largest absolute Gasteiger partial charge is 0.355 e. The third-order valence-electron chi connectivity index (χ3n) is 6.33. The maximum Gasteiger partial charge on any atom is 0.201 e. The number of hydrogen-bond donors (Lipinski definition) is 0. The van der Waals surface area contributed by atoms with E-state index in [1.54, 1.807) is 7.11 Å². The lowest BCUT2D eigenvalue weighted by Gasteiger charge is -2.60. The Morgan fingerprint density at radius 2 is 1.86 bits per heavy atom. The number of ether oxygens (including phenoxy) is 3. The van der Waals surface area contributed by atoms with Crippen molar-refractivity contribution in [2.24, 2.45) is 23.7 Å². The fourth-order valence-electron chi connectivity index (χ4n) is 5.14. The van der Waals surface area contributed by atoms with Crippen LogP contribution in [-0.2, 0) is 24.0 Å². The molecule has 0 amide bonds.